The number of aromatic nitrogens is 3. The summed E-state index contributed by atoms with van der Waals surface area (Å²) in [5.41, 5.74) is 1.19. The Morgan fingerprint density at radius 1 is 1.24 bits per heavy atom. The number of nitrogens with zero attached hydrogens (tertiary/aromatic N) is 3. The van der Waals surface area contributed by atoms with Crippen LogP contribution in [0.2, 0.25) is 0 Å². The molecule has 1 saturated carbocycles. The van der Waals surface area contributed by atoms with Crippen LogP contribution in [0, 0.1) is 11.6 Å². The van der Waals surface area contributed by atoms with Gasteiger partial charge in [0.1, 0.15) is 17.5 Å². The van der Waals surface area contributed by atoms with Gasteiger partial charge < -0.3 is 5.32 Å². The number of thioether (sulfide) groups is 1. The quantitative estimate of drug-likeness (QED) is 0.583. The Kier molecular flexibility index (Phi) is 5.62. The van der Waals surface area contributed by atoms with E-state index in [2.05, 4.69) is 15.4 Å². The summed E-state index contributed by atoms with van der Waals surface area (Å²) in [7, 11) is 0. The molecular weight excluding hydrogens is 394 g/mol. The van der Waals surface area contributed by atoms with E-state index in [1.807, 2.05) is 35.0 Å². The molecule has 0 radical (unpaired) electrons. The maximum absolute atomic E-state index is 13.9. The first-order valence-electron chi connectivity index (χ1n) is 9.41. The molecule has 1 aliphatic carbocycles. The van der Waals surface area contributed by atoms with Crippen LogP contribution >= 0.6 is 11.8 Å². The second-order valence-electron chi connectivity index (χ2n) is 7.02. The molecule has 0 bridgehead atoms. The number of carbonyl (C=O) groups is 1. The van der Waals surface area contributed by atoms with Crippen molar-refractivity contribution in [3.63, 3.8) is 0 Å². The van der Waals surface area contributed by atoms with Crippen LogP contribution in [0.5, 0.6) is 0 Å². The van der Waals surface area contributed by atoms with Gasteiger partial charge in [-0.15, -0.1) is 5.10 Å². The van der Waals surface area contributed by atoms with Gasteiger partial charge in [0.05, 0.1) is 17.5 Å². The zero-order chi connectivity index (χ0) is 20.4. The van der Waals surface area contributed by atoms with E-state index in [1.54, 1.807) is 6.92 Å². The van der Waals surface area contributed by atoms with Crippen LogP contribution in [-0.4, -0.2) is 26.4 Å². The van der Waals surface area contributed by atoms with Crippen LogP contribution in [0.1, 0.15) is 43.1 Å². The molecule has 0 saturated heterocycles. The lowest BCUT2D eigenvalue weighted by Gasteiger charge is -2.14. The Morgan fingerprint density at radius 3 is 2.69 bits per heavy atom. The Balaban J connectivity index is 1.40. The number of hydrogen-bond donors (Lipinski definition) is 1. The lowest BCUT2D eigenvalue weighted by atomic mass is 10.1. The fourth-order valence-corrected chi connectivity index (χ4v) is 3.72. The summed E-state index contributed by atoms with van der Waals surface area (Å²) in [6.45, 7) is 1.66. The Hall–Kier alpha value is -2.74. The molecule has 1 amide bonds. The molecule has 5 nitrogen and oxygen atoms in total. The summed E-state index contributed by atoms with van der Waals surface area (Å²) in [4.78, 5) is 16.9. The Morgan fingerprint density at radius 2 is 2.00 bits per heavy atom. The molecule has 2 aromatic carbocycles. The average Bonchev–Trinajstić information content (AvgIpc) is 3.46. The van der Waals surface area contributed by atoms with E-state index in [4.69, 9.17) is 0 Å². The molecular formula is C21H20F2N4OS. The minimum absolute atomic E-state index is 0.107. The van der Waals surface area contributed by atoms with E-state index in [-0.39, 0.29) is 17.2 Å². The summed E-state index contributed by atoms with van der Waals surface area (Å²) >= 11 is 1.24. The predicted molar refractivity (Wildman–Crippen MR) is 107 cm³/mol. The normalized spacial score (nSPS) is 14.6. The summed E-state index contributed by atoms with van der Waals surface area (Å²) in [5, 5.41) is 7.83. The number of hydrogen-bond acceptors (Lipinski definition) is 4. The van der Waals surface area contributed by atoms with Gasteiger partial charge in [0.25, 0.3) is 0 Å². The van der Waals surface area contributed by atoms with Gasteiger partial charge in [-0.25, -0.2) is 18.4 Å². The molecule has 1 N–H and O–H groups in total. The SMILES string of the molecule is C[C@H](NC(=O)CSc1nc(C2CC2)n(-c2ccccc2)n1)c1ccc(F)cc1F. The van der Waals surface area contributed by atoms with Gasteiger partial charge in [0, 0.05) is 17.5 Å². The average molecular weight is 414 g/mol. The number of halogens is 2. The first-order chi connectivity index (χ1) is 14.0. The zero-order valence-electron chi connectivity index (χ0n) is 15.8. The van der Waals surface area contributed by atoms with E-state index in [0.29, 0.717) is 11.1 Å². The van der Waals surface area contributed by atoms with E-state index >= 15 is 0 Å². The fraction of sp³-hybridized carbons (Fsp3) is 0.286. The molecule has 150 valence electrons. The number of para-hydroxylation sites is 1. The van der Waals surface area contributed by atoms with E-state index in [9.17, 15) is 13.6 Å². The first-order valence-corrected chi connectivity index (χ1v) is 10.4. The van der Waals surface area contributed by atoms with Gasteiger partial charge in [-0.3, -0.25) is 4.79 Å². The molecule has 0 aliphatic heterocycles. The molecule has 1 heterocycles. The second kappa shape index (κ2) is 8.32. The smallest absolute Gasteiger partial charge is 0.230 e. The highest BCUT2D eigenvalue weighted by molar-refractivity contribution is 7.99. The molecule has 4 rings (SSSR count). The highest BCUT2D eigenvalue weighted by atomic mass is 32.2. The maximum Gasteiger partial charge on any atom is 0.230 e. The van der Waals surface area contributed by atoms with Crippen molar-refractivity contribution in [3.05, 3.63) is 71.6 Å². The second-order valence-corrected chi connectivity index (χ2v) is 7.96. The molecule has 3 aromatic rings. The van der Waals surface area contributed by atoms with Crippen LogP contribution in [0.4, 0.5) is 8.78 Å². The van der Waals surface area contributed by atoms with Gasteiger partial charge >= 0.3 is 0 Å². The minimum Gasteiger partial charge on any atom is -0.349 e. The third-order valence-electron chi connectivity index (χ3n) is 4.69. The number of amides is 1. The van der Waals surface area contributed by atoms with Crippen molar-refractivity contribution < 1.29 is 13.6 Å². The molecule has 29 heavy (non-hydrogen) atoms. The van der Waals surface area contributed by atoms with Crippen LogP contribution < -0.4 is 5.32 Å². The van der Waals surface area contributed by atoms with Crippen LogP contribution in [0.25, 0.3) is 5.69 Å². The van der Waals surface area contributed by atoms with Gasteiger partial charge in [-0.1, -0.05) is 36.0 Å². The molecule has 0 unspecified atom stereocenters. The highest BCUT2D eigenvalue weighted by Gasteiger charge is 2.30. The van der Waals surface area contributed by atoms with Crippen molar-refractivity contribution in [3.8, 4) is 5.69 Å². The van der Waals surface area contributed by atoms with Gasteiger partial charge in [-0.05, 0) is 38.0 Å². The van der Waals surface area contributed by atoms with Crippen LogP contribution in [-0.2, 0) is 4.79 Å². The van der Waals surface area contributed by atoms with Crippen molar-refractivity contribution >= 4 is 17.7 Å². The van der Waals surface area contributed by atoms with Gasteiger partial charge in [0.2, 0.25) is 11.1 Å². The van der Waals surface area contributed by atoms with Crippen molar-refractivity contribution in [1.82, 2.24) is 20.1 Å². The zero-order valence-corrected chi connectivity index (χ0v) is 16.6. The third-order valence-corrected chi connectivity index (χ3v) is 5.53. The monoisotopic (exact) mass is 414 g/mol. The van der Waals surface area contributed by atoms with Crippen molar-refractivity contribution in [2.45, 2.75) is 36.9 Å². The molecule has 1 atom stereocenters. The first kappa shape index (κ1) is 19.6. The maximum atomic E-state index is 13.9. The molecule has 1 fully saturated rings. The van der Waals surface area contributed by atoms with Crippen LogP contribution in [0.3, 0.4) is 0 Å². The van der Waals surface area contributed by atoms with Crippen LogP contribution in [0.15, 0.2) is 53.7 Å². The molecule has 0 spiro atoms. The summed E-state index contributed by atoms with van der Waals surface area (Å²) in [6, 6.07) is 12.5. The summed E-state index contributed by atoms with van der Waals surface area (Å²) < 4.78 is 28.8. The standard InChI is InChI=1S/C21H20F2N4OS/c1-13(17-10-9-15(22)11-18(17)23)24-19(28)12-29-21-25-20(14-7-8-14)27(26-21)16-5-3-2-4-6-16/h2-6,9-11,13-14H,7-8,12H2,1H3,(H,24,28)/t13-/m0/s1. The van der Waals surface area contributed by atoms with E-state index in [0.717, 1.165) is 30.4 Å². The summed E-state index contributed by atoms with van der Waals surface area (Å²) in [5.74, 6) is -0.158. The largest absolute Gasteiger partial charge is 0.349 e. The number of rotatable bonds is 7. The topological polar surface area (TPSA) is 59.8 Å². The van der Waals surface area contributed by atoms with Gasteiger partial charge in [0.15, 0.2) is 0 Å². The lowest BCUT2D eigenvalue weighted by Crippen LogP contribution is -2.28. The number of benzene rings is 2. The van der Waals surface area contributed by atoms with E-state index < -0.39 is 17.7 Å². The fourth-order valence-electron chi connectivity index (χ4n) is 3.07. The van der Waals surface area contributed by atoms with E-state index in [1.165, 1.54) is 23.9 Å². The van der Waals surface area contributed by atoms with Crippen molar-refractivity contribution in [1.29, 1.82) is 0 Å². The predicted octanol–water partition coefficient (Wildman–Crippen LogP) is 4.39. The molecule has 1 aliphatic rings. The third kappa shape index (κ3) is 4.64. The molecule has 8 heteroatoms. The Bertz CT molecular complexity index is 1020. The minimum atomic E-state index is -0.678. The molecule has 1 aromatic heterocycles. The van der Waals surface area contributed by atoms with Crippen molar-refractivity contribution in [2.75, 3.05) is 5.75 Å². The Labute approximate surface area is 171 Å². The highest BCUT2D eigenvalue weighted by Crippen LogP contribution is 2.40. The summed E-state index contributed by atoms with van der Waals surface area (Å²) in [6.07, 6.45) is 2.19. The number of nitrogens with one attached hydrogen (secondary N) is 1. The van der Waals surface area contributed by atoms with Crippen molar-refractivity contribution in [2.24, 2.45) is 0 Å². The lowest BCUT2D eigenvalue weighted by molar-refractivity contribution is -0.119. The number of carbonyl (C=O) groups excluding carboxylic acids is 1. The van der Waals surface area contributed by atoms with Gasteiger partial charge in [-0.2, -0.15) is 0 Å².